The minimum Gasteiger partial charge on any atom is -0.507 e. The maximum atomic E-state index is 12.2. The molecule has 3 N–H and O–H groups in total. The van der Waals surface area contributed by atoms with Crippen LogP contribution in [-0.4, -0.2) is 46.7 Å². The molecule has 1 amide bonds. The summed E-state index contributed by atoms with van der Waals surface area (Å²) in [6, 6.07) is 4.44. The number of aromatic hydroxyl groups is 2. The summed E-state index contributed by atoms with van der Waals surface area (Å²) in [7, 11) is 0. The molecular formula is C14H18N2O3. The smallest absolute Gasteiger partial charge is 0.259 e. The fraction of sp³-hybridized carbons (Fsp3) is 0.500. The number of nitrogens with one attached hydrogen (secondary N) is 1. The summed E-state index contributed by atoms with van der Waals surface area (Å²) >= 11 is 0. The fourth-order valence-corrected chi connectivity index (χ4v) is 3.13. The summed E-state index contributed by atoms with van der Waals surface area (Å²) in [6.07, 6.45) is 2.22. The molecule has 3 saturated heterocycles. The number of amides is 1. The molecular weight excluding hydrogens is 244 g/mol. The number of fused-ring (bicyclic) bond motifs is 3. The van der Waals surface area contributed by atoms with Crippen molar-refractivity contribution < 1.29 is 15.0 Å². The van der Waals surface area contributed by atoms with E-state index in [1.54, 1.807) is 0 Å². The lowest BCUT2D eigenvalue weighted by atomic mass is 9.84. The first kappa shape index (κ1) is 12.3. The third-order valence-corrected chi connectivity index (χ3v) is 4.22. The Labute approximate surface area is 111 Å². The second-order valence-corrected chi connectivity index (χ2v) is 5.39. The summed E-state index contributed by atoms with van der Waals surface area (Å²) < 4.78 is 0. The molecule has 3 fully saturated rings. The van der Waals surface area contributed by atoms with Gasteiger partial charge >= 0.3 is 0 Å². The molecule has 1 atom stereocenters. The van der Waals surface area contributed by atoms with Crippen LogP contribution in [0.3, 0.4) is 0 Å². The van der Waals surface area contributed by atoms with Gasteiger partial charge in [-0.05, 0) is 44.0 Å². The highest BCUT2D eigenvalue weighted by Crippen LogP contribution is 2.30. The van der Waals surface area contributed by atoms with Crippen molar-refractivity contribution in [2.75, 3.05) is 19.6 Å². The average Bonchev–Trinajstić information content (AvgIpc) is 2.40. The second-order valence-electron chi connectivity index (χ2n) is 5.39. The van der Waals surface area contributed by atoms with E-state index >= 15 is 0 Å². The Bertz CT molecular complexity index is 475. The number of hydrogen-bond donors (Lipinski definition) is 3. The molecule has 0 aliphatic carbocycles. The third kappa shape index (κ3) is 2.26. The zero-order chi connectivity index (χ0) is 13.4. The third-order valence-electron chi connectivity index (χ3n) is 4.22. The maximum absolute atomic E-state index is 12.2. The van der Waals surface area contributed by atoms with Gasteiger partial charge in [0.25, 0.3) is 5.91 Å². The van der Waals surface area contributed by atoms with E-state index in [4.69, 9.17) is 0 Å². The Morgan fingerprint density at radius 2 is 1.84 bits per heavy atom. The number of benzene rings is 1. The molecule has 1 aromatic carbocycles. The molecule has 1 unspecified atom stereocenters. The largest absolute Gasteiger partial charge is 0.507 e. The van der Waals surface area contributed by atoms with Gasteiger partial charge in [0.15, 0.2) is 0 Å². The van der Waals surface area contributed by atoms with Crippen molar-refractivity contribution in [2.24, 2.45) is 5.92 Å². The highest BCUT2D eigenvalue weighted by atomic mass is 16.3. The number of piperidine rings is 3. The molecule has 0 saturated carbocycles. The predicted octanol–water partition coefficient (Wildman–Crippen LogP) is 0.922. The Morgan fingerprint density at radius 1 is 1.21 bits per heavy atom. The first-order chi connectivity index (χ1) is 9.15. The summed E-state index contributed by atoms with van der Waals surface area (Å²) in [5, 5.41) is 22.3. The van der Waals surface area contributed by atoms with E-state index in [1.807, 2.05) is 0 Å². The molecule has 102 valence electrons. The van der Waals surface area contributed by atoms with Crippen molar-refractivity contribution in [2.45, 2.75) is 18.9 Å². The minimum absolute atomic E-state index is 0.0288. The molecule has 0 radical (unpaired) electrons. The number of carbonyl (C=O) groups excluding carboxylic acids is 1. The highest BCUT2D eigenvalue weighted by Gasteiger charge is 2.35. The zero-order valence-electron chi connectivity index (χ0n) is 10.7. The van der Waals surface area contributed by atoms with Crippen LogP contribution >= 0.6 is 0 Å². The number of rotatable bonds is 2. The lowest BCUT2D eigenvalue weighted by Gasteiger charge is -2.44. The van der Waals surface area contributed by atoms with E-state index in [0.717, 1.165) is 32.5 Å². The lowest BCUT2D eigenvalue weighted by Crippen LogP contribution is -2.57. The highest BCUT2D eigenvalue weighted by molar-refractivity contribution is 5.99. The Balaban J connectivity index is 1.75. The molecule has 5 heteroatoms. The number of hydrogen-bond acceptors (Lipinski definition) is 4. The van der Waals surface area contributed by atoms with Crippen molar-refractivity contribution in [1.29, 1.82) is 0 Å². The molecule has 3 aliphatic rings. The Morgan fingerprint density at radius 3 is 2.37 bits per heavy atom. The second kappa shape index (κ2) is 4.74. The topological polar surface area (TPSA) is 72.8 Å². The van der Waals surface area contributed by atoms with Crippen molar-refractivity contribution >= 4 is 5.91 Å². The van der Waals surface area contributed by atoms with Gasteiger partial charge in [-0.1, -0.05) is 6.07 Å². The van der Waals surface area contributed by atoms with Crippen molar-refractivity contribution in [3.63, 3.8) is 0 Å². The first-order valence-corrected chi connectivity index (χ1v) is 6.69. The average molecular weight is 262 g/mol. The van der Waals surface area contributed by atoms with Crippen LogP contribution in [-0.2, 0) is 0 Å². The quantitative estimate of drug-likeness (QED) is 0.741. The van der Waals surface area contributed by atoms with Gasteiger partial charge in [0.05, 0.1) is 0 Å². The van der Waals surface area contributed by atoms with Crippen LogP contribution in [0, 0.1) is 5.92 Å². The first-order valence-electron chi connectivity index (χ1n) is 6.69. The molecule has 3 aliphatic heterocycles. The van der Waals surface area contributed by atoms with Gasteiger partial charge in [-0.15, -0.1) is 0 Å². The SMILES string of the molecule is O=C(NC1CN2CCC1CC2)c1c(O)cccc1O. The molecule has 4 rings (SSSR count). The van der Waals surface area contributed by atoms with Crippen LogP contribution in [0.5, 0.6) is 11.5 Å². The predicted molar refractivity (Wildman–Crippen MR) is 70.2 cm³/mol. The van der Waals surface area contributed by atoms with Crippen molar-refractivity contribution in [1.82, 2.24) is 10.2 Å². The fourth-order valence-electron chi connectivity index (χ4n) is 3.13. The van der Waals surface area contributed by atoms with E-state index in [0.29, 0.717) is 5.92 Å². The summed E-state index contributed by atoms with van der Waals surface area (Å²) in [6.45, 7) is 3.09. The lowest BCUT2D eigenvalue weighted by molar-refractivity contribution is 0.0617. The van der Waals surface area contributed by atoms with Gasteiger partial charge in [-0.3, -0.25) is 4.79 Å². The van der Waals surface area contributed by atoms with E-state index in [1.165, 1.54) is 18.2 Å². The van der Waals surface area contributed by atoms with Crippen LogP contribution in [0.15, 0.2) is 18.2 Å². The molecule has 3 heterocycles. The molecule has 2 bridgehead atoms. The standard InChI is InChI=1S/C14H18N2O3/c17-11-2-1-3-12(18)13(11)14(19)15-10-8-16-6-4-9(10)5-7-16/h1-3,9-10,17-18H,4-8H2,(H,15,19). The van der Waals surface area contributed by atoms with Crippen LogP contribution in [0.4, 0.5) is 0 Å². The number of phenols is 2. The number of phenolic OH excluding ortho intramolecular Hbond substituents is 2. The van der Waals surface area contributed by atoms with Gasteiger partial charge in [0.1, 0.15) is 17.1 Å². The van der Waals surface area contributed by atoms with Gasteiger partial charge in [-0.2, -0.15) is 0 Å². The van der Waals surface area contributed by atoms with Crippen LogP contribution < -0.4 is 5.32 Å². The van der Waals surface area contributed by atoms with Gasteiger partial charge in [0.2, 0.25) is 0 Å². The van der Waals surface area contributed by atoms with Crippen molar-refractivity contribution in [3.05, 3.63) is 23.8 Å². The van der Waals surface area contributed by atoms with E-state index in [9.17, 15) is 15.0 Å². The van der Waals surface area contributed by atoms with Crippen LogP contribution in [0.25, 0.3) is 0 Å². The van der Waals surface area contributed by atoms with E-state index in [2.05, 4.69) is 10.2 Å². The Hall–Kier alpha value is -1.75. The van der Waals surface area contributed by atoms with Crippen LogP contribution in [0.1, 0.15) is 23.2 Å². The molecule has 0 aromatic heterocycles. The number of nitrogens with zero attached hydrogens (tertiary/aromatic N) is 1. The summed E-state index contributed by atoms with van der Waals surface area (Å²) in [4.78, 5) is 14.5. The molecule has 5 nitrogen and oxygen atoms in total. The monoisotopic (exact) mass is 262 g/mol. The normalized spacial score (nSPS) is 29.2. The molecule has 1 aromatic rings. The molecule has 0 spiro atoms. The number of carbonyl (C=O) groups is 1. The minimum atomic E-state index is -0.394. The van der Waals surface area contributed by atoms with Gasteiger partial charge in [0, 0.05) is 12.6 Å². The zero-order valence-corrected chi connectivity index (χ0v) is 10.7. The van der Waals surface area contributed by atoms with Crippen molar-refractivity contribution in [3.8, 4) is 11.5 Å². The summed E-state index contributed by atoms with van der Waals surface area (Å²) in [5.41, 5.74) is -0.0288. The van der Waals surface area contributed by atoms with E-state index in [-0.39, 0.29) is 23.1 Å². The van der Waals surface area contributed by atoms with E-state index < -0.39 is 5.91 Å². The molecule has 19 heavy (non-hydrogen) atoms. The van der Waals surface area contributed by atoms with Gasteiger partial charge in [-0.25, -0.2) is 0 Å². The maximum Gasteiger partial charge on any atom is 0.259 e. The Kier molecular flexibility index (Phi) is 3.06. The summed E-state index contributed by atoms with van der Waals surface area (Å²) in [5.74, 6) is -0.242. The van der Waals surface area contributed by atoms with Gasteiger partial charge < -0.3 is 20.4 Å². The van der Waals surface area contributed by atoms with Crippen LogP contribution in [0.2, 0.25) is 0 Å².